The lowest BCUT2D eigenvalue weighted by atomic mass is 10.3. The van der Waals surface area contributed by atoms with Gasteiger partial charge in [-0.25, -0.2) is 9.97 Å². The first-order valence-electron chi connectivity index (χ1n) is 6.09. The van der Waals surface area contributed by atoms with Gasteiger partial charge in [0.05, 0.1) is 13.2 Å². The van der Waals surface area contributed by atoms with E-state index in [1.54, 1.807) is 12.4 Å². The summed E-state index contributed by atoms with van der Waals surface area (Å²) in [6.07, 6.45) is 4.47. The Morgan fingerprint density at radius 3 is 2.56 bits per heavy atom. The van der Waals surface area contributed by atoms with Crippen molar-refractivity contribution in [3.8, 4) is 5.75 Å². The zero-order chi connectivity index (χ0) is 12.5. The Hall–Kier alpha value is -1.94. The highest BCUT2D eigenvalue weighted by Gasteiger charge is 1.94. The van der Waals surface area contributed by atoms with Crippen LogP contribution in [0.3, 0.4) is 0 Å². The molecule has 0 aliphatic heterocycles. The van der Waals surface area contributed by atoms with Crippen molar-refractivity contribution >= 4 is 0 Å². The first kappa shape index (κ1) is 12.5. The molecule has 0 spiro atoms. The lowest BCUT2D eigenvalue weighted by molar-refractivity contribution is 0.308. The lowest BCUT2D eigenvalue weighted by Crippen LogP contribution is -2.18. The van der Waals surface area contributed by atoms with Crippen LogP contribution < -0.4 is 10.1 Å². The normalized spacial score (nSPS) is 10.2. The second-order valence-electron chi connectivity index (χ2n) is 3.86. The second-order valence-corrected chi connectivity index (χ2v) is 3.86. The summed E-state index contributed by atoms with van der Waals surface area (Å²) in [6.45, 7) is 2.31. The molecule has 0 aliphatic rings. The standard InChI is InChI=1S/C14H17N3O/c1-2-6-13(7-3-1)18-11-5-8-15-12-14-16-9-4-10-17-14/h1-4,6-7,9-10,15H,5,8,11-12H2. The largest absolute Gasteiger partial charge is 0.494 e. The van der Waals surface area contributed by atoms with Crippen molar-refractivity contribution in [3.05, 3.63) is 54.6 Å². The molecule has 1 heterocycles. The summed E-state index contributed by atoms with van der Waals surface area (Å²) in [5.74, 6) is 1.74. The smallest absolute Gasteiger partial charge is 0.141 e. The molecule has 0 bridgehead atoms. The number of nitrogens with zero attached hydrogens (tertiary/aromatic N) is 2. The number of benzene rings is 1. The van der Waals surface area contributed by atoms with Crippen molar-refractivity contribution in [2.45, 2.75) is 13.0 Å². The Labute approximate surface area is 107 Å². The van der Waals surface area contributed by atoms with Crippen molar-refractivity contribution in [2.75, 3.05) is 13.2 Å². The molecule has 4 heteroatoms. The van der Waals surface area contributed by atoms with E-state index in [-0.39, 0.29) is 0 Å². The summed E-state index contributed by atoms with van der Waals surface area (Å²) in [7, 11) is 0. The van der Waals surface area contributed by atoms with Crippen LogP contribution >= 0.6 is 0 Å². The molecule has 4 nitrogen and oxygen atoms in total. The van der Waals surface area contributed by atoms with Gasteiger partial charge in [-0.1, -0.05) is 18.2 Å². The summed E-state index contributed by atoms with van der Waals surface area (Å²) < 4.78 is 5.59. The summed E-state index contributed by atoms with van der Waals surface area (Å²) in [5, 5.41) is 3.28. The molecule has 0 radical (unpaired) electrons. The van der Waals surface area contributed by atoms with Gasteiger partial charge >= 0.3 is 0 Å². The zero-order valence-electron chi connectivity index (χ0n) is 10.2. The fraction of sp³-hybridized carbons (Fsp3) is 0.286. The van der Waals surface area contributed by atoms with Crippen molar-refractivity contribution < 1.29 is 4.74 Å². The molecule has 0 amide bonds. The lowest BCUT2D eigenvalue weighted by Gasteiger charge is -2.06. The first-order chi connectivity index (χ1) is 8.95. The Kier molecular flexibility index (Phi) is 5.14. The van der Waals surface area contributed by atoms with Crippen molar-refractivity contribution in [1.29, 1.82) is 0 Å². The number of hydrogen-bond donors (Lipinski definition) is 1. The number of aromatic nitrogens is 2. The average molecular weight is 243 g/mol. The molecule has 0 saturated carbocycles. The molecule has 0 saturated heterocycles. The minimum atomic E-state index is 0.701. The monoisotopic (exact) mass is 243 g/mol. The number of nitrogens with one attached hydrogen (secondary N) is 1. The quantitative estimate of drug-likeness (QED) is 0.756. The fourth-order valence-corrected chi connectivity index (χ4v) is 1.53. The van der Waals surface area contributed by atoms with Gasteiger partial charge in [0.25, 0.3) is 0 Å². The Morgan fingerprint density at radius 1 is 1.00 bits per heavy atom. The Balaban J connectivity index is 1.54. The molecule has 0 fully saturated rings. The van der Waals surface area contributed by atoms with Crippen LogP contribution in [0.2, 0.25) is 0 Å². The number of rotatable bonds is 7. The van der Waals surface area contributed by atoms with E-state index in [1.807, 2.05) is 36.4 Å². The molecule has 0 aliphatic carbocycles. The maximum atomic E-state index is 5.59. The summed E-state index contributed by atoms with van der Waals surface area (Å²) in [5.41, 5.74) is 0. The van der Waals surface area contributed by atoms with E-state index in [1.165, 1.54) is 0 Å². The molecular formula is C14H17N3O. The highest BCUT2D eigenvalue weighted by atomic mass is 16.5. The van der Waals surface area contributed by atoms with E-state index in [0.29, 0.717) is 13.2 Å². The van der Waals surface area contributed by atoms with Gasteiger partial charge < -0.3 is 10.1 Å². The van der Waals surface area contributed by atoms with Gasteiger partial charge in [0, 0.05) is 12.4 Å². The van der Waals surface area contributed by atoms with Crippen LogP contribution in [0.1, 0.15) is 12.2 Å². The summed E-state index contributed by atoms with van der Waals surface area (Å²) in [4.78, 5) is 8.28. The van der Waals surface area contributed by atoms with Crippen LogP contribution in [0.4, 0.5) is 0 Å². The van der Waals surface area contributed by atoms with Gasteiger partial charge in [-0.3, -0.25) is 0 Å². The van der Waals surface area contributed by atoms with Crippen LogP contribution in [0.5, 0.6) is 5.75 Å². The summed E-state index contributed by atoms with van der Waals surface area (Å²) in [6, 6.07) is 11.7. The molecule has 1 aromatic carbocycles. The van der Waals surface area contributed by atoms with E-state index in [0.717, 1.165) is 24.5 Å². The SMILES string of the molecule is c1ccc(OCCCNCc2ncccn2)cc1. The average Bonchev–Trinajstić information content (AvgIpc) is 2.45. The van der Waals surface area contributed by atoms with Crippen LogP contribution in [-0.2, 0) is 6.54 Å². The van der Waals surface area contributed by atoms with E-state index in [2.05, 4.69) is 15.3 Å². The van der Waals surface area contributed by atoms with Gasteiger partial charge in [0.2, 0.25) is 0 Å². The maximum absolute atomic E-state index is 5.59. The molecule has 2 rings (SSSR count). The first-order valence-corrected chi connectivity index (χ1v) is 6.09. The minimum Gasteiger partial charge on any atom is -0.494 e. The molecule has 2 aromatic rings. The molecule has 18 heavy (non-hydrogen) atoms. The fourth-order valence-electron chi connectivity index (χ4n) is 1.53. The predicted molar refractivity (Wildman–Crippen MR) is 70.3 cm³/mol. The van der Waals surface area contributed by atoms with Gasteiger partial charge in [-0.15, -0.1) is 0 Å². The van der Waals surface area contributed by atoms with Gasteiger partial charge in [0.1, 0.15) is 11.6 Å². The number of para-hydroxylation sites is 1. The van der Waals surface area contributed by atoms with Gasteiger partial charge in [0.15, 0.2) is 0 Å². The van der Waals surface area contributed by atoms with Crippen molar-refractivity contribution in [1.82, 2.24) is 15.3 Å². The Morgan fingerprint density at radius 2 is 1.78 bits per heavy atom. The van der Waals surface area contributed by atoms with E-state index < -0.39 is 0 Å². The maximum Gasteiger partial charge on any atom is 0.141 e. The highest BCUT2D eigenvalue weighted by Crippen LogP contribution is 2.07. The third kappa shape index (κ3) is 4.51. The zero-order valence-corrected chi connectivity index (χ0v) is 10.2. The van der Waals surface area contributed by atoms with E-state index in [9.17, 15) is 0 Å². The molecule has 1 N–H and O–H groups in total. The molecule has 0 unspecified atom stereocenters. The van der Waals surface area contributed by atoms with Gasteiger partial charge in [-0.05, 0) is 31.2 Å². The van der Waals surface area contributed by atoms with Crippen LogP contribution in [-0.4, -0.2) is 23.1 Å². The minimum absolute atomic E-state index is 0.701. The molecule has 0 atom stereocenters. The number of hydrogen-bond acceptors (Lipinski definition) is 4. The second kappa shape index (κ2) is 7.40. The molecule has 94 valence electrons. The predicted octanol–water partition coefficient (Wildman–Crippen LogP) is 2.04. The highest BCUT2D eigenvalue weighted by molar-refractivity contribution is 5.20. The molecular weight excluding hydrogens is 226 g/mol. The van der Waals surface area contributed by atoms with Crippen molar-refractivity contribution in [3.63, 3.8) is 0 Å². The third-order valence-electron chi connectivity index (χ3n) is 2.41. The summed E-state index contributed by atoms with van der Waals surface area (Å²) >= 11 is 0. The van der Waals surface area contributed by atoms with E-state index >= 15 is 0 Å². The van der Waals surface area contributed by atoms with Crippen molar-refractivity contribution in [2.24, 2.45) is 0 Å². The van der Waals surface area contributed by atoms with Crippen LogP contribution in [0.15, 0.2) is 48.8 Å². The number of ether oxygens (including phenoxy) is 1. The van der Waals surface area contributed by atoms with E-state index in [4.69, 9.17) is 4.74 Å². The van der Waals surface area contributed by atoms with Gasteiger partial charge in [-0.2, -0.15) is 0 Å². The third-order valence-corrected chi connectivity index (χ3v) is 2.41. The molecule has 1 aromatic heterocycles. The van der Waals surface area contributed by atoms with Crippen LogP contribution in [0, 0.1) is 0 Å². The topological polar surface area (TPSA) is 47.0 Å². The van der Waals surface area contributed by atoms with Crippen LogP contribution in [0.25, 0.3) is 0 Å². The Bertz CT molecular complexity index is 390.